The third-order valence-electron chi connectivity index (χ3n) is 2.39. The summed E-state index contributed by atoms with van der Waals surface area (Å²) in [6.45, 7) is 0.318. The van der Waals surface area contributed by atoms with Crippen LogP contribution in [-0.2, 0) is 0 Å². The van der Waals surface area contributed by atoms with E-state index in [-0.39, 0.29) is 0 Å². The average molecular weight is 152 g/mol. The average Bonchev–Trinajstić information content (AvgIpc) is 2.61. The van der Waals surface area contributed by atoms with Gasteiger partial charge in [0.25, 0.3) is 0 Å². The van der Waals surface area contributed by atoms with E-state index in [9.17, 15) is 0 Å². The summed E-state index contributed by atoms with van der Waals surface area (Å²) >= 11 is 0. The van der Waals surface area contributed by atoms with Crippen molar-refractivity contribution in [1.82, 2.24) is 0 Å². The summed E-state index contributed by atoms with van der Waals surface area (Å²) in [6, 6.07) is 2.02. The van der Waals surface area contributed by atoms with Gasteiger partial charge in [-0.05, 0) is 36.3 Å². The van der Waals surface area contributed by atoms with Gasteiger partial charge in [-0.15, -0.1) is 0 Å². The minimum Gasteiger partial charge on any atom is -0.472 e. The van der Waals surface area contributed by atoms with Gasteiger partial charge in [-0.1, -0.05) is 0 Å². The van der Waals surface area contributed by atoms with Crippen molar-refractivity contribution in [2.75, 3.05) is 6.61 Å². The van der Waals surface area contributed by atoms with Gasteiger partial charge < -0.3 is 9.52 Å². The van der Waals surface area contributed by atoms with Gasteiger partial charge in [0.15, 0.2) is 0 Å². The normalized spacial score (nSPS) is 28.8. The molecule has 1 saturated carbocycles. The SMILES string of the molecule is OCC[C@H]1C[C@@H]1c1ccoc1. The Bertz CT molecular complexity index is 215. The van der Waals surface area contributed by atoms with E-state index in [0.29, 0.717) is 18.4 Å². The first-order chi connectivity index (χ1) is 5.42. The molecule has 1 aromatic heterocycles. The summed E-state index contributed by atoms with van der Waals surface area (Å²) in [5.74, 6) is 1.37. The smallest absolute Gasteiger partial charge is 0.0937 e. The van der Waals surface area contributed by atoms with Crippen molar-refractivity contribution in [2.45, 2.75) is 18.8 Å². The first-order valence-electron chi connectivity index (χ1n) is 4.05. The minimum absolute atomic E-state index is 0.318. The van der Waals surface area contributed by atoms with Crippen molar-refractivity contribution in [1.29, 1.82) is 0 Å². The van der Waals surface area contributed by atoms with Gasteiger partial charge in [0.05, 0.1) is 12.5 Å². The van der Waals surface area contributed by atoms with Crippen molar-refractivity contribution in [2.24, 2.45) is 5.92 Å². The van der Waals surface area contributed by atoms with Crippen LogP contribution < -0.4 is 0 Å². The molecular formula is C9H12O2. The van der Waals surface area contributed by atoms with Crippen LogP contribution in [0.25, 0.3) is 0 Å². The third-order valence-corrected chi connectivity index (χ3v) is 2.39. The summed E-state index contributed by atoms with van der Waals surface area (Å²) in [4.78, 5) is 0. The van der Waals surface area contributed by atoms with E-state index >= 15 is 0 Å². The van der Waals surface area contributed by atoms with E-state index < -0.39 is 0 Å². The van der Waals surface area contributed by atoms with E-state index in [2.05, 4.69) is 0 Å². The monoisotopic (exact) mass is 152 g/mol. The fraction of sp³-hybridized carbons (Fsp3) is 0.556. The number of hydrogen-bond donors (Lipinski definition) is 1. The van der Waals surface area contributed by atoms with Crippen LogP contribution in [0.5, 0.6) is 0 Å². The topological polar surface area (TPSA) is 33.4 Å². The van der Waals surface area contributed by atoms with Crippen LogP contribution in [0.4, 0.5) is 0 Å². The zero-order valence-electron chi connectivity index (χ0n) is 6.36. The first-order valence-corrected chi connectivity index (χ1v) is 4.05. The molecule has 0 unspecified atom stereocenters. The Morgan fingerprint density at radius 2 is 2.55 bits per heavy atom. The van der Waals surface area contributed by atoms with E-state index in [4.69, 9.17) is 9.52 Å². The van der Waals surface area contributed by atoms with Crippen LogP contribution in [0.3, 0.4) is 0 Å². The molecule has 2 nitrogen and oxygen atoms in total. The van der Waals surface area contributed by atoms with Crippen molar-refractivity contribution in [3.63, 3.8) is 0 Å². The molecule has 1 aromatic rings. The van der Waals surface area contributed by atoms with Gasteiger partial charge in [0.2, 0.25) is 0 Å². The lowest BCUT2D eigenvalue weighted by Crippen LogP contribution is -1.86. The Balaban J connectivity index is 1.92. The maximum absolute atomic E-state index is 8.67. The van der Waals surface area contributed by atoms with Gasteiger partial charge in [0, 0.05) is 6.61 Å². The molecule has 1 heterocycles. The molecule has 2 atom stereocenters. The van der Waals surface area contributed by atoms with E-state index in [0.717, 1.165) is 6.42 Å². The van der Waals surface area contributed by atoms with E-state index in [1.165, 1.54) is 12.0 Å². The van der Waals surface area contributed by atoms with Gasteiger partial charge in [0.1, 0.15) is 0 Å². The van der Waals surface area contributed by atoms with Crippen molar-refractivity contribution >= 4 is 0 Å². The number of furan rings is 1. The highest BCUT2D eigenvalue weighted by molar-refractivity contribution is 5.20. The molecule has 0 aliphatic heterocycles. The second-order valence-electron chi connectivity index (χ2n) is 3.17. The molecule has 0 saturated heterocycles. The zero-order chi connectivity index (χ0) is 7.68. The predicted molar refractivity (Wildman–Crippen MR) is 41.3 cm³/mol. The molecule has 2 rings (SSSR count). The highest BCUT2D eigenvalue weighted by Gasteiger charge is 2.37. The van der Waals surface area contributed by atoms with Crippen LogP contribution >= 0.6 is 0 Å². The Kier molecular flexibility index (Phi) is 1.70. The van der Waals surface area contributed by atoms with Crippen LogP contribution in [0.2, 0.25) is 0 Å². The first kappa shape index (κ1) is 6.92. The largest absolute Gasteiger partial charge is 0.472 e. The van der Waals surface area contributed by atoms with Crippen LogP contribution in [0, 0.1) is 5.92 Å². The lowest BCUT2D eigenvalue weighted by Gasteiger charge is -1.91. The quantitative estimate of drug-likeness (QED) is 0.716. The minimum atomic E-state index is 0.318. The fourth-order valence-corrected chi connectivity index (χ4v) is 1.63. The molecule has 60 valence electrons. The molecule has 0 spiro atoms. The van der Waals surface area contributed by atoms with Crippen molar-refractivity contribution in [3.05, 3.63) is 24.2 Å². The maximum atomic E-state index is 8.67. The molecular weight excluding hydrogens is 140 g/mol. The van der Waals surface area contributed by atoms with Crippen LogP contribution in [0.15, 0.2) is 23.0 Å². The highest BCUT2D eigenvalue weighted by Crippen LogP contribution is 2.49. The van der Waals surface area contributed by atoms with Crippen LogP contribution in [-0.4, -0.2) is 11.7 Å². The summed E-state index contributed by atoms with van der Waals surface area (Å²) in [5.41, 5.74) is 1.29. The van der Waals surface area contributed by atoms with E-state index in [1.54, 1.807) is 6.26 Å². The molecule has 0 amide bonds. The fourth-order valence-electron chi connectivity index (χ4n) is 1.63. The Hall–Kier alpha value is -0.760. The Labute approximate surface area is 65.8 Å². The van der Waals surface area contributed by atoms with Gasteiger partial charge >= 0.3 is 0 Å². The summed E-state index contributed by atoms with van der Waals surface area (Å²) in [5, 5.41) is 8.67. The molecule has 2 heteroatoms. The predicted octanol–water partition coefficient (Wildman–Crippen LogP) is 1.77. The van der Waals surface area contributed by atoms with Gasteiger partial charge in [-0.25, -0.2) is 0 Å². The Morgan fingerprint density at radius 1 is 1.64 bits per heavy atom. The summed E-state index contributed by atoms with van der Waals surface area (Å²) in [6.07, 6.45) is 5.68. The van der Waals surface area contributed by atoms with Crippen molar-refractivity contribution in [3.8, 4) is 0 Å². The van der Waals surface area contributed by atoms with Crippen LogP contribution in [0.1, 0.15) is 24.3 Å². The number of aliphatic hydroxyl groups excluding tert-OH is 1. The second kappa shape index (κ2) is 2.70. The number of rotatable bonds is 3. The highest BCUT2D eigenvalue weighted by atomic mass is 16.3. The van der Waals surface area contributed by atoms with Gasteiger partial charge in [-0.2, -0.15) is 0 Å². The molecule has 1 aliphatic rings. The summed E-state index contributed by atoms with van der Waals surface area (Å²) in [7, 11) is 0. The molecule has 0 radical (unpaired) electrons. The number of hydrogen-bond acceptors (Lipinski definition) is 2. The van der Waals surface area contributed by atoms with Crippen molar-refractivity contribution < 1.29 is 9.52 Å². The lowest BCUT2D eigenvalue weighted by atomic mass is 10.1. The standard InChI is InChI=1S/C9H12O2/c10-3-1-7-5-9(7)8-2-4-11-6-8/h2,4,6-7,9-10H,1,3,5H2/t7-,9-/m0/s1. The maximum Gasteiger partial charge on any atom is 0.0937 e. The molecule has 1 aliphatic carbocycles. The Morgan fingerprint density at radius 3 is 3.18 bits per heavy atom. The third kappa shape index (κ3) is 1.31. The number of aliphatic hydroxyl groups is 1. The van der Waals surface area contributed by atoms with Gasteiger partial charge in [-0.3, -0.25) is 0 Å². The molecule has 11 heavy (non-hydrogen) atoms. The summed E-state index contributed by atoms with van der Waals surface area (Å²) < 4.78 is 4.98. The molecule has 1 fully saturated rings. The zero-order valence-corrected chi connectivity index (χ0v) is 6.36. The molecule has 0 aromatic carbocycles. The second-order valence-corrected chi connectivity index (χ2v) is 3.17. The van der Waals surface area contributed by atoms with E-state index in [1.807, 2.05) is 12.3 Å². The molecule has 1 N–H and O–H groups in total. The molecule has 0 bridgehead atoms. The lowest BCUT2D eigenvalue weighted by molar-refractivity contribution is 0.279.